The normalized spacial score (nSPS) is 11.8. The number of hydrogen-bond donors (Lipinski definition) is 1. The maximum atomic E-state index is 11.0. The Balaban J connectivity index is 2.55. The van der Waals surface area contributed by atoms with Crippen LogP contribution >= 0.6 is 0 Å². The molecule has 0 spiro atoms. The molecule has 0 aromatic carbocycles. The number of methoxy groups -OCH3 is 1. The standard InChI is InChI=1S/C9H12N2O2/c1-7(9(12)13-2)11-8-4-3-5-10-6-8/h3-7,11H,1-2H3/t7-/m0/s1. The highest BCUT2D eigenvalue weighted by Crippen LogP contribution is 2.05. The van der Waals surface area contributed by atoms with Crippen molar-refractivity contribution in [3.8, 4) is 0 Å². The molecule has 1 aromatic rings. The third-order valence-electron chi connectivity index (χ3n) is 1.60. The van der Waals surface area contributed by atoms with E-state index in [2.05, 4.69) is 15.0 Å². The predicted molar refractivity (Wildman–Crippen MR) is 49.3 cm³/mol. The summed E-state index contributed by atoms with van der Waals surface area (Å²) in [7, 11) is 1.36. The fraction of sp³-hybridized carbons (Fsp3) is 0.333. The molecule has 1 heterocycles. The Morgan fingerprint density at radius 1 is 1.69 bits per heavy atom. The molecule has 1 atom stereocenters. The Morgan fingerprint density at radius 2 is 2.46 bits per heavy atom. The van der Waals surface area contributed by atoms with E-state index in [1.165, 1.54) is 7.11 Å². The third kappa shape index (κ3) is 2.74. The van der Waals surface area contributed by atoms with Crippen molar-refractivity contribution >= 4 is 11.7 Å². The van der Waals surface area contributed by atoms with Crippen LogP contribution in [0, 0.1) is 0 Å². The van der Waals surface area contributed by atoms with Crippen LogP contribution in [0.15, 0.2) is 24.5 Å². The average Bonchev–Trinajstić information content (AvgIpc) is 2.18. The Kier molecular flexibility index (Phi) is 3.25. The van der Waals surface area contributed by atoms with Gasteiger partial charge in [0.05, 0.1) is 12.8 Å². The van der Waals surface area contributed by atoms with Gasteiger partial charge in [0.15, 0.2) is 0 Å². The highest BCUT2D eigenvalue weighted by atomic mass is 16.5. The summed E-state index contributed by atoms with van der Waals surface area (Å²) in [5, 5.41) is 2.96. The van der Waals surface area contributed by atoms with Crippen LogP contribution in [0.2, 0.25) is 0 Å². The van der Waals surface area contributed by atoms with Crippen LogP contribution in [-0.2, 0) is 9.53 Å². The zero-order valence-corrected chi connectivity index (χ0v) is 7.65. The number of carbonyl (C=O) groups is 1. The van der Waals surface area contributed by atoms with E-state index in [9.17, 15) is 4.79 Å². The lowest BCUT2D eigenvalue weighted by Gasteiger charge is -2.11. The van der Waals surface area contributed by atoms with Crippen LogP contribution in [0.4, 0.5) is 5.69 Å². The molecule has 0 fully saturated rings. The van der Waals surface area contributed by atoms with E-state index in [1.807, 2.05) is 6.07 Å². The van der Waals surface area contributed by atoms with Crippen LogP contribution in [-0.4, -0.2) is 24.1 Å². The van der Waals surface area contributed by atoms with Crippen molar-refractivity contribution in [2.45, 2.75) is 13.0 Å². The van der Waals surface area contributed by atoms with Crippen molar-refractivity contribution < 1.29 is 9.53 Å². The molecule has 0 bridgehead atoms. The molecule has 4 heteroatoms. The second-order valence-electron chi connectivity index (χ2n) is 2.63. The lowest BCUT2D eigenvalue weighted by atomic mass is 10.3. The van der Waals surface area contributed by atoms with Gasteiger partial charge in [-0.3, -0.25) is 4.98 Å². The van der Waals surface area contributed by atoms with Gasteiger partial charge in [0, 0.05) is 12.4 Å². The summed E-state index contributed by atoms with van der Waals surface area (Å²) < 4.78 is 4.56. The van der Waals surface area contributed by atoms with Gasteiger partial charge < -0.3 is 10.1 Å². The van der Waals surface area contributed by atoms with Crippen LogP contribution < -0.4 is 5.32 Å². The number of anilines is 1. The smallest absolute Gasteiger partial charge is 0.327 e. The average molecular weight is 180 g/mol. The Bertz CT molecular complexity index is 274. The minimum Gasteiger partial charge on any atom is -0.467 e. The first kappa shape index (κ1) is 9.51. The quantitative estimate of drug-likeness (QED) is 0.706. The van der Waals surface area contributed by atoms with E-state index < -0.39 is 0 Å². The summed E-state index contributed by atoms with van der Waals surface area (Å²) in [6.45, 7) is 1.73. The minimum atomic E-state index is -0.353. The first-order chi connectivity index (χ1) is 6.24. The molecule has 13 heavy (non-hydrogen) atoms. The van der Waals surface area contributed by atoms with Crippen LogP contribution in [0.1, 0.15) is 6.92 Å². The number of ether oxygens (including phenoxy) is 1. The van der Waals surface area contributed by atoms with Crippen LogP contribution in [0.3, 0.4) is 0 Å². The minimum absolute atomic E-state index is 0.288. The second kappa shape index (κ2) is 4.45. The molecule has 0 aliphatic heterocycles. The molecule has 0 saturated carbocycles. The lowest BCUT2D eigenvalue weighted by molar-refractivity contribution is -0.141. The summed E-state index contributed by atoms with van der Waals surface area (Å²) in [5.74, 6) is -0.288. The number of rotatable bonds is 3. The van der Waals surface area contributed by atoms with E-state index in [4.69, 9.17) is 0 Å². The third-order valence-corrected chi connectivity index (χ3v) is 1.60. The van der Waals surface area contributed by atoms with Gasteiger partial charge in [0.25, 0.3) is 0 Å². The SMILES string of the molecule is COC(=O)[C@H](C)Nc1cccnc1. The van der Waals surface area contributed by atoms with E-state index >= 15 is 0 Å². The Labute approximate surface area is 76.9 Å². The molecule has 1 N–H and O–H groups in total. The van der Waals surface area contributed by atoms with Crippen molar-refractivity contribution in [2.75, 3.05) is 12.4 Å². The number of esters is 1. The lowest BCUT2D eigenvalue weighted by Crippen LogP contribution is -2.27. The molecule has 0 aliphatic carbocycles. The molecular formula is C9H12N2O2. The van der Waals surface area contributed by atoms with Gasteiger partial charge in [0.2, 0.25) is 0 Å². The molecule has 0 radical (unpaired) electrons. The maximum Gasteiger partial charge on any atom is 0.327 e. The summed E-state index contributed by atoms with van der Waals surface area (Å²) in [6.07, 6.45) is 3.33. The van der Waals surface area contributed by atoms with E-state index in [1.54, 1.807) is 25.4 Å². The molecule has 70 valence electrons. The fourth-order valence-corrected chi connectivity index (χ4v) is 0.934. The molecule has 0 saturated heterocycles. The van der Waals surface area contributed by atoms with Gasteiger partial charge in [0.1, 0.15) is 6.04 Å². The second-order valence-corrected chi connectivity index (χ2v) is 2.63. The number of pyridine rings is 1. The van der Waals surface area contributed by atoms with Gasteiger partial charge in [-0.05, 0) is 19.1 Å². The van der Waals surface area contributed by atoms with Crippen LogP contribution in [0.25, 0.3) is 0 Å². The first-order valence-electron chi connectivity index (χ1n) is 3.98. The van der Waals surface area contributed by atoms with E-state index in [0.29, 0.717) is 0 Å². The maximum absolute atomic E-state index is 11.0. The predicted octanol–water partition coefficient (Wildman–Crippen LogP) is 1.05. The number of nitrogens with one attached hydrogen (secondary N) is 1. The van der Waals surface area contributed by atoms with Crippen molar-refractivity contribution in [1.29, 1.82) is 0 Å². The van der Waals surface area contributed by atoms with Gasteiger partial charge in [-0.15, -0.1) is 0 Å². The zero-order valence-electron chi connectivity index (χ0n) is 7.65. The summed E-state index contributed by atoms with van der Waals surface area (Å²) in [4.78, 5) is 14.9. The summed E-state index contributed by atoms with van der Waals surface area (Å²) in [6, 6.07) is 3.29. The summed E-state index contributed by atoms with van der Waals surface area (Å²) in [5.41, 5.74) is 0.806. The van der Waals surface area contributed by atoms with E-state index in [0.717, 1.165) is 5.69 Å². The Morgan fingerprint density at radius 3 is 3.00 bits per heavy atom. The van der Waals surface area contributed by atoms with Crippen molar-refractivity contribution in [2.24, 2.45) is 0 Å². The number of nitrogens with zero attached hydrogens (tertiary/aromatic N) is 1. The molecule has 4 nitrogen and oxygen atoms in total. The first-order valence-corrected chi connectivity index (χ1v) is 3.98. The highest BCUT2D eigenvalue weighted by Gasteiger charge is 2.11. The summed E-state index contributed by atoms with van der Waals surface area (Å²) >= 11 is 0. The largest absolute Gasteiger partial charge is 0.467 e. The zero-order chi connectivity index (χ0) is 9.68. The molecule has 0 unspecified atom stereocenters. The van der Waals surface area contributed by atoms with Crippen molar-refractivity contribution in [1.82, 2.24) is 4.98 Å². The Hall–Kier alpha value is -1.58. The molecule has 1 rings (SSSR count). The molecule has 0 amide bonds. The topological polar surface area (TPSA) is 51.2 Å². The van der Waals surface area contributed by atoms with Gasteiger partial charge >= 0.3 is 5.97 Å². The van der Waals surface area contributed by atoms with Gasteiger partial charge in [-0.2, -0.15) is 0 Å². The van der Waals surface area contributed by atoms with E-state index in [-0.39, 0.29) is 12.0 Å². The fourth-order valence-electron chi connectivity index (χ4n) is 0.934. The monoisotopic (exact) mass is 180 g/mol. The van der Waals surface area contributed by atoms with Gasteiger partial charge in [-0.1, -0.05) is 0 Å². The molecular weight excluding hydrogens is 168 g/mol. The number of carbonyl (C=O) groups excluding carboxylic acids is 1. The highest BCUT2D eigenvalue weighted by molar-refractivity contribution is 5.78. The molecule has 1 aromatic heterocycles. The van der Waals surface area contributed by atoms with Crippen LogP contribution in [0.5, 0.6) is 0 Å². The number of aromatic nitrogens is 1. The van der Waals surface area contributed by atoms with Crippen molar-refractivity contribution in [3.05, 3.63) is 24.5 Å². The van der Waals surface area contributed by atoms with Gasteiger partial charge in [-0.25, -0.2) is 4.79 Å². The van der Waals surface area contributed by atoms with Crippen molar-refractivity contribution in [3.63, 3.8) is 0 Å². The number of hydrogen-bond acceptors (Lipinski definition) is 4. The molecule has 0 aliphatic rings.